The largest absolute Gasteiger partial charge is 0.416 e. The Labute approximate surface area is 238 Å². The molecule has 0 bridgehead atoms. The number of halogens is 6. The zero-order chi connectivity index (χ0) is 27.7. The average Bonchev–Trinajstić information content (AvgIpc) is 3.29. The molecule has 1 aliphatic rings. The summed E-state index contributed by atoms with van der Waals surface area (Å²) in [5.41, 5.74) is 2.77. The van der Waals surface area contributed by atoms with E-state index in [2.05, 4.69) is 15.2 Å². The van der Waals surface area contributed by atoms with Crippen LogP contribution in [0.4, 0.5) is 24.5 Å². The Balaban J connectivity index is 1.21. The van der Waals surface area contributed by atoms with E-state index in [0.29, 0.717) is 29.5 Å². The first-order valence-electron chi connectivity index (χ1n) is 12.3. The number of benzene rings is 3. The molecule has 1 fully saturated rings. The average molecular weight is 596 g/mol. The fourth-order valence-electron chi connectivity index (χ4n) is 4.80. The fourth-order valence-corrected chi connectivity index (χ4v) is 5.79. The molecular weight excluding hydrogens is 572 g/mol. The van der Waals surface area contributed by atoms with Gasteiger partial charge in [0.15, 0.2) is 0 Å². The second-order valence-electron chi connectivity index (χ2n) is 9.40. The molecule has 1 aliphatic heterocycles. The summed E-state index contributed by atoms with van der Waals surface area (Å²) in [7, 11) is 0. The van der Waals surface area contributed by atoms with Gasteiger partial charge in [0.1, 0.15) is 0 Å². The summed E-state index contributed by atoms with van der Waals surface area (Å²) < 4.78 is 39.3. The van der Waals surface area contributed by atoms with Gasteiger partial charge in [-0.2, -0.15) is 13.2 Å². The summed E-state index contributed by atoms with van der Waals surface area (Å²) in [5.74, 6) is -0.434. The van der Waals surface area contributed by atoms with Crippen LogP contribution in [0.15, 0.2) is 60.8 Å². The van der Waals surface area contributed by atoms with Gasteiger partial charge < -0.3 is 15.2 Å². The Morgan fingerprint density at radius 3 is 2.36 bits per heavy atom. The monoisotopic (exact) mass is 594 g/mol. The van der Waals surface area contributed by atoms with E-state index in [0.717, 1.165) is 48.6 Å². The molecule has 3 aromatic carbocycles. The zero-order valence-corrected chi connectivity index (χ0v) is 22.9. The van der Waals surface area contributed by atoms with E-state index in [1.807, 2.05) is 23.2 Å². The van der Waals surface area contributed by atoms with Crippen LogP contribution in [0.5, 0.6) is 0 Å². The molecule has 5 rings (SSSR count). The maximum absolute atomic E-state index is 13.1. The second kappa shape index (κ2) is 11.3. The lowest BCUT2D eigenvalue weighted by Crippen LogP contribution is -2.47. The molecule has 5 nitrogen and oxygen atoms in total. The molecule has 1 saturated heterocycles. The topological polar surface area (TPSA) is 51.4 Å². The highest BCUT2D eigenvalue weighted by atomic mass is 35.5. The number of amides is 1. The van der Waals surface area contributed by atoms with Crippen LogP contribution in [0.25, 0.3) is 10.9 Å². The Morgan fingerprint density at radius 1 is 0.949 bits per heavy atom. The summed E-state index contributed by atoms with van der Waals surface area (Å²) >= 11 is 18.3. The minimum Gasteiger partial charge on any atom is -0.369 e. The number of aromatic nitrogens is 1. The summed E-state index contributed by atoms with van der Waals surface area (Å²) in [6.45, 7) is 3.61. The van der Waals surface area contributed by atoms with Crippen molar-refractivity contribution in [3.05, 3.63) is 92.6 Å². The molecule has 39 heavy (non-hydrogen) atoms. The van der Waals surface area contributed by atoms with Crippen molar-refractivity contribution >= 4 is 63.0 Å². The lowest BCUT2D eigenvalue weighted by Gasteiger charge is -2.36. The molecular formula is C28H24Cl3F3N4O. The van der Waals surface area contributed by atoms with Gasteiger partial charge in [-0.25, -0.2) is 0 Å². The Morgan fingerprint density at radius 2 is 1.67 bits per heavy atom. The van der Waals surface area contributed by atoms with Gasteiger partial charge in [0.25, 0.3) is 5.91 Å². The van der Waals surface area contributed by atoms with Crippen molar-refractivity contribution < 1.29 is 18.0 Å². The number of H-pyrrole nitrogens is 1. The van der Waals surface area contributed by atoms with Gasteiger partial charge in [-0.3, -0.25) is 9.69 Å². The third-order valence-electron chi connectivity index (χ3n) is 6.87. The van der Waals surface area contributed by atoms with Crippen LogP contribution in [-0.2, 0) is 12.6 Å². The van der Waals surface area contributed by atoms with Gasteiger partial charge in [-0.15, -0.1) is 0 Å². The van der Waals surface area contributed by atoms with Gasteiger partial charge in [-0.1, -0.05) is 40.9 Å². The SMILES string of the molecule is O=C(Nc1ccc2[nH]cc(CCN3CCN(c4cccc(C(F)(F)F)c4)CC3)c2c1)c1c(Cl)cc(Cl)cc1Cl. The number of aromatic amines is 1. The minimum atomic E-state index is -4.35. The van der Waals surface area contributed by atoms with Gasteiger partial charge >= 0.3 is 6.18 Å². The van der Waals surface area contributed by atoms with Crippen molar-refractivity contribution in [2.75, 3.05) is 42.9 Å². The number of nitrogens with zero attached hydrogens (tertiary/aromatic N) is 2. The van der Waals surface area contributed by atoms with Crippen molar-refractivity contribution in [2.45, 2.75) is 12.6 Å². The Hall–Kier alpha value is -2.91. The van der Waals surface area contributed by atoms with Crippen LogP contribution in [0.1, 0.15) is 21.5 Å². The predicted molar refractivity (Wildman–Crippen MR) is 152 cm³/mol. The van der Waals surface area contributed by atoms with Crippen LogP contribution in [-0.4, -0.2) is 48.5 Å². The molecule has 2 N–H and O–H groups in total. The maximum Gasteiger partial charge on any atom is 0.416 e. The van der Waals surface area contributed by atoms with Gasteiger partial charge in [0.05, 0.1) is 21.2 Å². The molecule has 2 heterocycles. The number of fused-ring (bicyclic) bond motifs is 1. The summed E-state index contributed by atoms with van der Waals surface area (Å²) in [6, 6.07) is 14.0. The van der Waals surface area contributed by atoms with Crippen LogP contribution in [0.2, 0.25) is 15.1 Å². The second-order valence-corrected chi connectivity index (χ2v) is 10.7. The Kier molecular flexibility index (Phi) is 8.01. The molecule has 0 unspecified atom stereocenters. The molecule has 204 valence electrons. The first-order valence-corrected chi connectivity index (χ1v) is 13.4. The molecule has 1 amide bonds. The molecule has 1 aromatic heterocycles. The molecule has 4 aromatic rings. The summed E-state index contributed by atoms with van der Waals surface area (Å²) in [6.07, 6.45) is -1.62. The molecule has 0 atom stereocenters. The standard InChI is InChI=1S/C28H24Cl3F3N4O/c29-19-13-23(30)26(24(31)14-19)27(39)36-20-4-5-25-22(15-20)17(16-35-25)6-7-37-8-10-38(11-9-37)21-3-1-2-18(12-21)28(32,33)34/h1-5,12-16,35H,6-11H2,(H,36,39). The highest BCUT2D eigenvalue weighted by molar-refractivity contribution is 6.42. The molecule has 0 aliphatic carbocycles. The number of hydrogen-bond acceptors (Lipinski definition) is 3. The predicted octanol–water partition coefficient (Wildman–Crippen LogP) is 7.76. The third kappa shape index (κ3) is 6.30. The quantitative estimate of drug-likeness (QED) is 0.240. The molecule has 0 spiro atoms. The highest BCUT2D eigenvalue weighted by Crippen LogP contribution is 2.33. The third-order valence-corrected chi connectivity index (χ3v) is 7.68. The summed E-state index contributed by atoms with van der Waals surface area (Å²) in [5, 5.41) is 4.53. The number of anilines is 2. The van der Waals surface area contributed by atoms with Gasteiger partial charge in [-0.05, 0) is 60.5 Å². The Bertz CT molecular complexity index is 1490. The lowest BCUT2D eigenvalue weighted by molar-refractivity contribution is -0.137. The minimum absolute atomic E-state index is 0.154. The van der Waals surface area contributed by atoms with Crippen molar-refractivity contribution in [3.8, 4) is 0 Å². The van der Waals surface area contributed by atoms with Crippen LogP contribution in [0, 0.1) is 0 Å². The fraction of sp³-hybridized carbons (Fsp3) is 0.250. The number of nitrogens with one attached hydrogen (secondary N) is 2. The maximum atomic E-state index is 13.1. The van der Waals surface area contributed by atoms with E-state index in [9.17, 15) is 18.0 Å². The van der Waals surface area contributed by atoms with E-state index < -0.39 is 17.6 Å². The zero-order valence-electron chi connectivity index (χ0n) is 20.6. The number of rotatable bonds is 6. The lowest BCUT2D eigenvalue weighted by atomic mass is 10.1. The number of carbonyl (C=O) groups excluding carboxylic acids is 1. The first-order chi connectivity index (χ1) is 18.6. The van der Waals surface area contributed by atoms with Crippen molar-refractivity contribution in [2.24, 2.45) is 0 Å². The number of alkyl halides is 3. The number of hydrogen-bond donors (Lipinski definition) is 2. The van der Waals surface area contributed by atoms with E-state index in [1.54, 1.807) is 12.1 Å². The summed E-state index contributed by atoms with van der Waals surface area (Å²) in [4.78, 5) is 20.4. The van der Waals surface area contributed by atoms with Gasteiger partial charge in [0.2, 0.25) is 0 Å². The van der Waals surface area contributed by atoms with Crippen LogP contribution < -0.4 is 10.2 Å². The molecule has 0 saturated carbocycles. The van der Waals surface area contributed by atoms with E-state index >= 15 is 0 Å². The first kappa shape index (κ1) is 27.6. The van der Waals surface area contributed by atoms with Crippen LogP contribution >= 0.6 is 34.8 Å². The smallest absolute Gasteiger partial charge is 0.369 e. The normalized spacial score (nSPS) is 14.7. The number of carbonyl (C=O) groups is 1. The van der Waals surface area contributed by atoms with Crippen molar-refractivity contribution in [1.29, 1.82) is 0 Å². The van der Waals surface area contributed by atoms with E-state index in [4.69, 9.17) is 34.8 Å². The van der Waals surface area contributed by atoms with E-state index in [-0.39, 0.29) is 15.6 Å². The highest BCUT2D eigenvalue weighted by Gasteiger charge is 2.31. The van der Waals surface area contributed by atoms with Crippen molar-refractivity contribution in [1.82, 2.24) is 9.88 Å². The van der Waals surface area contributed by atoms with Gasteiger partial charge in [0, 0.05) is 66.2 Å². The number of piperazine rings is 1. The molecule has 11 heteroatoms. The van der Waals surface area contributed by atoms with E-state index in [1.165, 1.54) is 24.3 Å². The van der Waals surface area contributed by atoms with Crippen LogP contribution in [0.3, 0.4) is 0 Å². The van der Waals surface area contributed by atoms with Crippen molar-refractivity contribution in [3.63, 3.8) is 0 Å². The molecule has 0 radical (unpaired) electrons.